The smallest absolute Gasteiger partial charge is 0.222 e. The third-order valence-electron chi connectivity index (χ3n) is 4.50. The van der Waals surface area contributed by atoms with Crippen LogP contribution >= 0.6 is 0 Å². The zero-order valence-electron chi connectivity index (χ0n) is 16.6. The van der Waals surface area contributed by atoms with Crippen LogP contribution in [-0.4, -0.2) is 42.7 Å². The summed E-state index contributed by atoms with van der Waals surface area (Å²) in [6.45, 7) is 5.29. The van der Waals surface area contributed by atoms with Gasteiger partial charge in [-0.15, -0.1) is 0 Å². The molecule has 0 spiro atoms. The Hall–Kier alpha value is -3.20. The molecule has 29 heavy (non-hydrogen) atoms. The van der Waals surface area contributed by atoms with Crippen LogP contribution in [0.5, 0.6) is 0 Å². The first-order valence-corrected chi connectivity index (χ1v) is 11.0. The Balaban J connectivity index is 1.63. The van der Waals surface area contributed by atoms with Crippen molar-refractivity contribution in [1.29, 1.82) is 0 Å². The zero-order chi connectivity index (χ0) is 21.0. The van der Waals surface area contributed by atoms with Gasteiger partial charge >= 0.3 is 0 Å². The Morgan fingerprint density at radius 1 is 1.03 bits per heavy atom. The van der Waals surface area contributed by atoms with Gasteiger partial charge in [0.1, 0.15) is 5.82 Å². The summed E-state index contributed by atoms with van der Waals surface area (Å²) >= 11 is 0. The minimum atomic E-state index is -3.30. The summed E-state index contributed by atoms with van der Waals surface area (Å²) in [6.07, 6.45) is 2.63. The fraction of sp³-hybridized carbons (Fsp3) is 0.250. The number of sulfone groups is 1. The van der Waals surface area contributed by atoms with Crippen LogP contribution in [0.2, 0.25) is 0 Å². The van der Waals surface area contributed by atoms with Gasteiger partial charge in [0.05, 0.1) is 17.6 Å². The average Bonchev–Trinajstić information content (AvgIpc) is 2.66. The highest BCUT2D eigenvalue weighted by Gasteiger charge is 2.09. The Kier molecular flexibility index (Phi) is 5.97. The molecular formula is C20H24N6O2S. The van der Waals surface area contributed by atoms with Crippen molar-refractivity contribution in [3.8, 4) is 11.3 Å². The highest BCUT2D eigenvalue weighted by Crippen LogP contribution is 2.26. The molecule has 0 bridgehead atoms. The van der Waals surface area contributed by atoms with E-state index >= 15 is 0 Å². The predicted molar refractivity (Wildman–Crippen MR) is 116 cm³/mol. The van der Waals surface area contributed by atoms with E-state index in [2.05, 4.69) is 45.5 Å². The molecule has 9 heteroatoms. The maximum atomic E-state index is 11.4. The van der Waals surface area contributed by atoms with Crippen molar-refractivity contribution >= 4 is 27.3 Å². The lowest BCUT2D eigenvalue weighted by molar-refractivity contribution is 0.598. The number of pyridine rings is 1. The molecule has 3 aromatic rings. The SMILES string of the molecule is Cc1cccc(-c2cc(NCCNc3ccc(S(C)(=O)=O)nc3)nc(N)n2)c1C. The number of nitrogens with two attached hydrogens (primary N) is 1. The van der Waals surface area contributed by atoms with Crippen molar-refractivity contribution < 1.29 is 8.42 Å². The van der Waals surface area contributed by atoms with Crippen molar-refractivity contribution in [2.45, 2.75) is 18.9 Å². The van der Waals surface area contributed by atoms with Crippen molar-refractivity contribution in [3.63, 3.8) is 0 Å². The second-order valence-electron chi connectivity index (χ2n) is 6.75. The number of hydrogen-bond donors (Lipinski definition) is 3. The highest BCUT2D eigenvalue weighted by atomic mass is 32.2. The van der Waals surface area contributed by atoms with Gasteiger partial charge in [-0.1, -0.05) is 18.2 Å². The molecule has 3 rings (SSSR count). The van der Waals surface area contributed by atoms with E-state index in [9.17, 15) is 8.42 Å². The average molecular weight is 413 g/mol. The van der Waals surface area contributed by atoms with Crippen LogP contribution < -0.4 is 16.4 Å². The molecule has 1 aromatic carbocycles. The standard InChI is InChI=1S/C20H24N6O2S/c1-13-5-4-6-16(14(13)2)17-11-18(26-20(21)25-17)23-10-9-22-15-7-8-19(24-12-15)29(3,27)28/h4-8,11-12,22H,9-10H2,1-3H3,(H3,21,23,25,26). The lowest BCUT2D eigenvalue weighted by Crippen LogP contribution is -2.15. The molecule has 8 nitrogen and oxygen atoms in total. The van der Waals surface area contributed by atoms with Crippen LogP contribution in [-0.2, 0) is 9.84 Å². The molecule has 0 saturated carbocycles. The molecule has 0 amide bonds. The van der Waals surface area contributed by atoms with Gasteiger partial charge in [-0.3, -0.25) is 0 Å². The van der Waals surface area contributed by atoms with Crippen molar-refractivity contribution in [1.82, 2.24) is 15.0 Å². The van der Waals surface area contributed by atoms with Crippen molar-refractivity contribution in [2.75, 3.05) is 35.7 Å². The van der Waals surface area contributed by atoms with Crippen LogP contribution in [0.4, 0.5) is 17.5 Å². The molecule has 0 fully saturated rings. The fourth-order valence-corrected chi connectivity index (χ4v) is 3.38. The van der Waals surface area contributed by atoms with Gasteiger partial charge < -0.3 is 16.4 Å². The number of nitrogen functional groups attached to an aromatic ring is 1. The monoisotopic (exact) mass is 412 g/mol. The summed E-state index contributed by atoms with van der Waals surface area (Å²) in [5.41, 5.74) is 10.8. The first-order valence-electron chi connectivity index (χ1n) is 9.09. The quantitative estimate of drug-likeness (QED) is 0.506. The number of nitrogens with one attached hydrogen (secondary N) is 2. The maximum Gasteiger partial charge on any atom is 0.222 e. The van der Waals surface area contributed by atoms with Crippen LogP contribution in [0.1, 0.15) is 11.1 Å². The number of hydrogen-bond acceptors (Lipinski definition) is 8. The number of aryl methyl sites for hydroxylation is 1. The zero-order valence-corrected chi connectivity index (χ0v) is 17.4. The van der Waals surface area contributed by atoms with Crippen molar-refractivity contribution in [3.05, 3.63) is 53.7 Å². The summed E-state index contributed by atoms with van der Waals surface area (Å²) in [5, 5.41) is 6.45. The lowest BCUT2D eigenvalue weighted by Gasteiger charge is -2.12. The summed E-state index contributed by atoms with van der Waals surface area (Å²) in [5.74, 6) is 0.847. The van der Waals surface area contributed by atoms with E-state index in [4.69, 9.17) is 5.73 Å². The second kappa shape index (κ2) is 8.44. The topological polar surface area (TPSA) is 123 Å². The van der Waals surface area contributed by atoms with E-state index in [1.807, 2.05) is 18.2 Å². The second-order valence-corrected chi connectivity index (χ2v) is 8.72. The van der Waals surface area contributed by atoms with Gasteiger partial charge in [0.25, 0.3) is 0 Å². The van der Waals surface area contributed by atoms with E-state index in [-0.39, 0.29) is 11.0 Å². The van der Waals surface area contributed by atoms with Gasteiger partial charge in [-0.25, -0.2) is 18.4 Å². The number of rotatable bonds is 7. The summed E-state index contributed by atoms with van der Waals surface area (Å²) < 4.78 is 22.9. The van der Waals surface area contributed by atoms with Crippen LogP contribution in [0.15, 0.2) is 47.6 Å². The van der Waals surface area contributed by atoms with Gasteiger partial charge in [-0.2, -0.15) is 4.98 Å². The number of nitrogens with zero attached hydrogens (tertiary/aromatic N) is 3. The normalized spacial score (nSPS) is 11.3. The lowest BCUT2D eigenvalue weighted by atomic mass is 10.0. The third-order valence-corrected chi connectivity index (χ3v) is 5.50. The molecule has 0 aliphatic heterocycles. The molecule has 152 valence electrons. The molecule has 4 N–H and O–H groups in total. The predicted octanol–water partition coefficient (Wildman–Crippen LogP) is 2.67. The molecule has 2 heterocycles. The first kappa shape index (κ1) is 20.5. The van der Waals surface area contributed by atoms with E-state index in [1.165, 1.54) is 17.8 Å². The third kappa shape index (κ3) is 5.20. The molecule has 0 aliphatic rings. The number of anilines is 3. The van der Waals surface area contributed by atoms with Crippen LogP contribution in [0.3, 0.4) is 0 Å². The number of benzene rings is 1. The van der Waals surface area contributed by atoms with Crippen molar-refractivity contribution in [2.24, 2.45) is 0 Å². The molecule has 0 saturated heterocycles. The fourth-order valence-electron chi connectivity index (χ4n) is 2.82. The Bertz CT molecular complexity index is 1110. The minimum absolute atomic E-state index is 0.0524. The summed E-state index contributed by atoms with van der Waals surface area (Å²) in [4.78, 5) is 12.6. The van der Waals surface area contributed by atoms with Crippen LogP contribution in [0.25, 0.3) is 11.3 Å². The van der Waals surface area contributed by atoms with Gasteiger partial charge in [0.15, 0.2) is 14.9 Å². The maximum absolute atomic E-state index is 11.4. The molecule has 0 radical (unpaired) electrons. The van der Waals surface area contributed by atoms with Gasteiger partial charge in [0.2, 0.25) is 5.95 Å². The Morgan fingerprint density at radius 3 is 2.48 bits per heavy atom. The van der Waals surface area contributed by atoms with Gasteiger partial charge in [0, 0.05) is 31.0 Å². The Labute approximate surface area is 170 Å². The largest absolute Gasteiger partial charge is 0.382 e. The van der Waals surface area contributed by atoms with E-state index in [0.717, 1.165) is 28.8 Å². The Morgan fingerprint density at radius 2 is 1.79 bits per heavy atom. The summed E-state index contributed by atoms with van der Waals surface area (Å²) in [7, 11) is -3.30. The van der Waals surface area contributed by atoms with Crippen LogP contribution in [0, 0.1) is 13.8 Å². The molecule has 0 unspecified atom stereocenters. The molecule has 0 aliphatic carbocycles. The highest BCUT2D eigenvalue weighted by molar-refractivity contribution is 7.90. The van der Waals surface area contributed by atoms with E-state index < -0.39 is 9.84 Å². The molecule has 2 aromatic heterocycles. The molecular weight excluding hydrogens is 388 g/mol. The minimum Gasteiger partial charge on any atom is -0.382 e. The molecule has 0 atom stereocenters. The van der Waals surface area contributed by atoms with E-state index in [1.54, 1.807) is 6.07 Å². The number of aromatic nitrogens is 3. The van der Waals surface area contributed by atoms with Gasteiger partial charge in [-0.05, 0) is 37.1 Å². The van der Waals surface area contributed by atoms with E-state index in [0.29, 0.717) is 18.9 Å². The first-order chi connectivity index (χ1) is 13.7. The summed E-state index contributed by atoms with van der Waals surface area (Å²) in [6, 6.07) is 11.1.